The zero-order chi connectivity index (χ0) is 15.4. The predicted molar refractivity (Wildman–Crippen MR) is 80.1 cm³/mol. The lowest BCUT2D eigenvalue weighted by molar-refractivity contribution is 0.0698. The molecule has 21 heavy (non-hydrogen) atoms. The molecule has 0 aliphatic carbocycles. The highest BCUT2D eigenvalue weighted by molar-refractivity contribution is 5.94. The molecule has 2 rings (SSSR count). The standard InChI is InChI=1S/C16H17NO4/c1-10(12-8-7-11(21-2)9-15(12)18)17-14-6-4-3-5-13(14)16(19)20/h3-10,17-18H,1-2H3,(H,19,20). The second-order valence-corrected chi connectivity index (χ2v) is 4.64. The summed E-state index contributed by atoms with van der Waals surface area (Å²) in [5, 5.41) is 22.3. The van der Waals surface area contributed by atoms with E-state index in [9.17, 15) is 9.90 Å². The number of hydrogen-bond acceptors (Lipinski definition) is 4. The van der Waals surface area contributed by atoms with Gasteiger partial charge in [-0.05, 0) is 31.2 Å². The SMILES string of the molecule is COc1ccc(C(C)Nc2ccccc2C(=O)O)c(O)c1. The predicted octanol–water partition coefficient (Wildman–Crippen LogP) is 3.27. The van der Waals surface area contributed by atoms with E-state index in [1.165, 1.54) is 19.2 Å². The van der Waals surface area contributed by atoms with Crippen molar-refractivity contribution in [1.29, 1.82) is 0 Å². The van der Waals surface area contributed by atoms with E-state index >= 15 is 0 Å². The zero-order valence-electron chi connectivity index (χ0n) is 11.8. The largest absolute Gasteiger partial charge is 0.507 e. The van der Waals surface area contributed by atoms with Crippen LogP contribution in [-0.2, 0) is 0 Å². The number of carboxylic acids is 1. The van der Waals surface area contributed by atoms with Gasteiger partial charge in [0.25, 0.3) is 0 Å². The molecule has 3 N–H and O–H groups in total. The number of aromatic carboxylic acids is 1. The molecule has 0 amide bonds. The molecule has 0 fully saturated rings. The van der Waals surface area contributed by atoms with Gasteiger partial charge >= 0.3 is 5.97 Å². The number of aromatic hydroxyl groups is 1. The minimum absolute atomic E-state index is 0.0992. The number of carbonyl (C=O) groups is 1. The second-order valence-electron chi connectivity index (χ2n) is 4.64. The molecule has 0 saturated heterocycles. The molecule has 0 bridgehead atoms. The number of hydrogen-bond donors (Lipinski definition) is 3. The van der Waals surface area contributed by atoms with Crippen LogP contribution in [0.15, 0.2) is 42.5 Å². The van der Waals surface area contributed by atoms with Crippen molar-refractivity contribution in [3.63, 3.8) is 0 Å². The molecular formula is C16H17NO4. The molecule has 0 heterocycles. The topological polar surface area (TPSA) is 78.8 Å². The van der Waals surface area contributed by atoms with Crippen molar-refractivity contribution < 1.29 is 19.7 Å². The molecule has 0 radical (unpaired) electrons. The van der Waals surface area contributed by atoms with E-state index < -0.39 is 5.97 Å². The molecule has 1 atom stereocenters. The van der Waals surface area contributed by atoms with Crippen LogP contribution in [-0.4, -0.2) is 23.3 Å². The van der Waals surface area contributed by atoms with Gasteiger partial charge in [0.1, 0.15) is 11.5 Å². The minimum Gasteiger partial charge on any atom is -0.507 e. The first-order chi connectivity index (χ1) is 10.0. The molecule has 2 aromatic rings. The van der Waals surface area contributed by atoms with E-state index in [2.05, 4.69) is 5.32 Å². The van der Waals surface area contributed by atoms with Gasteiger partial charge in [-0.3, -0.25) is 0 Å². The maximum atomic E-state index is 11.2. The fourth-order valence-electron chi connectivity index (χ4n) is 2.12. The van der Waals surface area contributed by atoms with Crippen LogP contribution >= 0.6 is 0 Å². The average Bonchev–Trinajstić information content (AvgIpc) is 2.47. The summed E-state index contributed by atoms with van der Waals surface area (Å²) in [5.41, 5.74) is 1.36. The fourth-order valence-corrected chi connectivity index (χ4v) is 2.12. The van der Waals surface area contributed by atoms with Crippen molar-refractivity contribution in [2.75, 3.05) is 12.4 Å². The van der Waals surface area contributed by atoms with Gasteiger partial charge in [-0.1, -0.05) is 12.1 Å². The van der Waals surface area contributed by atoms with Crippen molar-refractivity contribution in [1.82, 2.24) is 0 Å². The second kappa shape index (κ2) is 6.17. The molecule has 0 spiro atoms. The maximum Gasteiger partial charge on any atom is 0.337 e. The van der Waals surface area contributed by atoms with Gasteiger partial charge in [0.2, 0.25) is 0 Å². The Balaban J connectivity index is 2.26. The minimum atomic E-state index is -0.996. The molecule has 0 aromatic heterocycles. The van der Waals surface area contributed by atoms with Crippen LogP contribution in [0.1, 0.15) is 28.9 Å². The summed E-state index contributed by atoms with van der Waals surface area (Å²) in [6, 6.07) is 11.4. The third-order valence-electron chi connectivity index (χ3n) is 3.23. The Morgan fingerprint density at radius 3 is 2.57 bits per heavy atom. The van der Waals surface area contributed by atoms with E-state index in [0.29, 0.717) is 17.0 Å². The Kier molecular flexibility index (Phi) is 4.33. The summed E-state index contributed by atoms with van der Waals surface area (Å²) in [6.07, 6.45) is 0. The first-order valence-corrected chi connectivity index (χ1v) is 6.48. The number of methoxy groups -OCH3 is 1. The highest BCUT2D eigenvalue weighted by Gasteiger charge is 2.15. The Hall–Kier alpha value is -2.69. The summed E-state index contributed by atoms with van der Waals surface area (Å²) < 4.78 is 5.04. The quantitative estimate of drug-likeness (QED) is 0.786. The third-order valence-corrected chi connectivity index (χ3v) is 3.23. The van der Waals surface area contributed by atoms with Crippen LogP contribution in [0.5, 0.6) is 11.5 Å². The monoisotopic (exact) mass is 287 g/mol. The summed E-state index contributed by atoms with van der Waals surface area (Å²) in [5.74, 6) is -0.333. The van der Waals surface area contributed by atoms with Crippen molar-refractivity contribution in [2.45, 2.75) is 13.0 Å². The summed E-state index contributed by atoms with van der Waals surface area (Å²) in [7, 11) is 1.53. The van der Waals surface area contributed by atoms with Gasteiger partial charge < -0.3 is 20.3 Å². The molecule has 5 nitrogen and oxygen atoms in total. The molecule has 2 aromatic carbocycles. The van der Waals surface area contributed by atoms with Crippen molar-refractivity contribution >= 4 is 11.7 Å². The van der Waals surface area contributed by atoms with Crippen molar-refractivity contribution in [3.05, 3.63) is 53.6 Å². The maximum absolute atomic E-state index is 11.2. The molecule has 0 saturated carbocycles. The lowest BCUT2D eigenvalue weighted by Crippen LogP contribution is -2.10. The Morgan fingerprint density at radius 1 is 1.24 bits per heavy atom. The number of para-hydroxylation sites is 1. The number of rotatable bonds is 5. The number of nitrogens with one attached hydrogen (secondary N) is 1. The van der Waals surface area contributed by atoms with E-state index in [-0.39, 0.29) is 17.4 Å². The molecular weight excluding hydrogens is 270 g/mol. The summed E-state index contributed by atoms with van der Waals surface area (Å²) in [4.78, 5) is 11.2. The highest BCUT2D eigenvalue weighted by atomic mass is 16.5. The van der Waals surface area contributed by atoms with Crippen molar-refractivity contribution in [3.8, 4) is 11.5 Å². The first kappa shape index (κ1) is 14.7. The molecule has 1 unspecified atom stereocenters. The molecule has 110 valence electrons. The highest BCUT2D eigenvalue weighted by Crippen LogP contribution is 2.31. The van der Waals surface area contributed by atoms with E-state index in [0.717, 1.165) is 0 Å². The number of anilines is 1. The lowest BCUT2D eigenvalue weighted by atomic mass is 10.1. The van der Waals surface area contributed by atoms with Gasteiger partial charge in [-0.15, -0.1) is 0 Å². The van der Waals surface area contributed by atoms with E-state index in [4.69, 9.17) is 9.84 Å². The van der Waals surface area contributed by atoms with Gasteiger partial charge in [0.15, 0.2) is 0 Å². The third kappa shape index (κ3) is 3.25. The van der Waals surface area contributed by atoms with Gasteiger partial charge in [0, 0.05) is 17.3 Å². The number of carboxylic acid groups (broad SMARTS) is 1. The van der Waals surface area contributed by atoms with Gasteiger partial charge in [-0.25, -0.2) is 4.79 Å². The first-order valence-electron chi connectivity index (χ1n) is 6.48. The van der Waals surface area contributed by atoms with Crippen LogP contribution in [0, 0.1) is 0 Å². The van der Waals surface area contributed by atoms with Crippen LogP contribution in [0.25, 0.3) is 0 Å². The number of benzene rings is 2. The molecule has 0 aliphatic heterocycles. The fraction of sp³-hybridized carbons (Fsp3) is 0.188. The number of phenols is 1. The smallest absolute Gasteiger partial charge is 0.337 e. The van der Waals surface area contributed by atoms with Crippen molar-refractivity contribution in [2.24, 2.45) is 0 Å². The summed E-state index contributed by atoms with van der Waals surface area (Å²) in [6.45, 7) is 1.85. The van der Waals surface area contributed by atoms with Crippen LogP contribution in [0.3, 0.4) is 0 Å². The summed E-state index contributed by atoms with van der Waals surface area (Å²) >= 11 is 0. The number of phenolic OH excluding ortho intramolecular Hbond substituents is 1. The van der Waals surface area contributed by atoms with Gasteiger partial charge in [-0.2, -0.15) is 0 Å². The Bertz CT molecular complexity index is 654. The van der Waals surface area contributed by atoms with Crippen LogP contribution < -0.4 is 10.1 Å². The van der Waals surface area contributed by atoms with Crippen LogP contribution in [0.4, 0.5) is 5.69 Å². The van der Waals surface area contributed by atoms with Gasteiger partial charge in [0.05, 0.1) is 18.7 Å². The molecule has 0 aliphatic rings. The Morgan fingerprint density at radius 2 is 1.95 bits per heavy atom. The van der Waals surface area contributed by atoms with Crippen LogP contribution in [0.2, 0.25) is 0 Å². The average molecular weight is 287 g/mol. The Labute approximate surface area is 122 Å². The van der Waals surface area contributed by atoms with E-state index in [1.54, 1.807) is 30.3 Å². The normalized spacial score (nSPS) is 11.7. The number of ether oxygens (including phenoxy) is 1. The molecule has 5 heteroatoms. The lowest BCUT2D eigenvalue weighted by Gasteiger charge is -2.18. The van der Waals surface area contributed by atoms with E-state index in [1.807, 2.05) is 6.92 Å². The zero-order valence-corrected chi connectivity index (χ0v) is 11.8.